The zero-order valence-corrected chi connectivity index (χ0v) is 14.7. The highest BCUT2D eigenvalue weighted by atomic mass is 16.6. The van der Waals surface area contributed by atoms with Gasteiger partial charge < -0.3 is 9.47 Å². The minimum absolute atomic E-state index is 0.210. The molecule has 0 spiro atoms. The van der Waals surface area contributed by atoms with E-state index in [1.807, 2.05) is 13.8 Å². The molecule has 6 nitrogen and oxygen atoms in total. The number of hydrogen-bond donors (Lipinski definition) is 0. The van der Waals surface area contributed by atoms with E-state index in [4.69, 9.17) is 14.7 Å². The number of carbonyl (C=O) groups is 2. The van der Waals surface area contributed by atoms with Crippen LogP contribution < -0.4 is 4.90 Å². The van der Waals surface area contributed by atoms with E-state index in [1.54, 1.807) is 32.2 Å². The smallest absolute Gasteiger partial charge is 0.240 e. The predicted octanol–water partition coefficient (Wildman–Crippen LogP) is 1.94. The Morgan fingerprint density at radius 2 is 1.96 bits per heavy atom. The van der Waals surface area contributed by atoms with E-state index in [9.17, 15) is 9.59 Å². The van der Waals surface area contributed by atoms with Crippen LogP contribution in [0.5, 0.6) is 0 Å². The number of methoxy groups -OCH3 is 1. The van der Waals surface area contributed by atoms with Crippen LogP contribution >= 0.6 is 0 Å². The molecule has 2 bridgehead atoms. The van der Waals surface area contributed by atoms with Gasteiger partial charge in [-0.15, -0.1) is 0 Å². The van der Waals surface area contributed by atoms with Crippen molar-refractivity contribution >= 4 is 17.5 Å². The van der Waals surface area contributed by atoms with E-state index in [1.165, 1.54) is 4.90 Å². The molecule has 1 aromatic carbocycles. The topological polar surface area (TPSA) is 79.6 Å². The Hall–Kier alpha value is -2.23. The summed E-state index contributed by atoms with van der Waals surface area (Å²) < 4.78 is 11.7. The minimum atomic E-state index is -0.794. The van der Waals surface area contributed by atoms with Crippen molar-refractivity contribution in [1.82, 2.24) is 0 Å². The zero-order valence-electron chi connectivity index (χ0n) is 14.7. The number of nitriles is 1. The minimum Gasteiger partial charge on any atom is -0.378 e. The van der Waals surface area contributed by atoms with Crippen molar-refractivity contribution in [2.45, 2.75) is 44.5 Å². The van der Waals surface area contributed by atoms with Crippen LogP contribution in [0.3, 0.4) is 0 Å². The average molecular weight is 340 g/mol. The number of aryl methyl sites for hydroxylation is 1. The van der Waals surface area contributed by atoms with E-state index in [2.05, 4.69) is 6.07 Å². The largest absolute Gasteiger partial charge is 0.378 e. The van der Waals surface area contributed by atoms with Gasteiger partial charge in [-0.25, -0.2) is 4.90 Å². The fraction of sp³-hybridized carbons (Fsp3) is 0.526. The Kier molecular flexibility index (Phi) is 3.19. The fourth-order valence-corrected chi connectivity index (χ4v) is 4.98. The number of ether oxygens (including phenoxy) is 2. The van der Waals surface area contributed by atoms with Crippen LogP contribution in [-0.4, -0.2) is 36.2 Å². The second-order valence-electron chi connectivity index (χ2n) is 7.61. The molecule has 0 aliphatic carbocycles. The quantitative estimate of drug-likeness (QED) is 0.769. The van der Waals surface area contributed by atoms with Crippen LogP contribution in [-0.2, 0) is 19.1 Å². The number of nitrogens with zero attached hydrogens (tertiary/aromatic N) is 2. The van der Waals surface area contributed by atoms with Gasteiger partial charge in [-0.1, -0.05) is 0 Å². The summed E-state index contributed by atoms with van der Waals surface area (Å²) in [5, 5.41) is 9.08. The number of imide groups is 1. The van der Waals surface area contributed by atoms with Crippen molar-refractivity contribution in [1.29, 1.82) is 5.26 Å². The van der Waals surface area contributed by atoms with Gasteiger partial charge >= 0.3 is 0 Å². The van der Waals surface area contributed by atoms with Crippen molar-refractivity contribution in [2.75, 3.05) is 12.0 Å². The van der Waals surface area contributed by atoms with Crippen molar-refractivity contribution in [3.63, 3.8) is 0 Å². The van der Waals surface area contributed by atoms with Gasteiger partial charge in [0.2, 0.25) is 11.8 Å². The van der Waals surface area contributed by atoms with Gasteiger partial charge in [-0.3, -0.25) is 9.59 Å². The molecule has 0 aromatic heterocycles. The molecule has 5 atom stereocenters. The standard InChI is InChI=1S/C19H20N2O4/c1-10-7-12(6-5-11(10)9-20)21-16(22)14-15(17(21)23)19(3)13(24-4)8-18(14,2)25-19/h5-7,13-15H,8H2,1-4H3/t13-,14+,15-,18?,19?/m0/s1. The number of anilines is 1. The van der Waals surface area contributed by atoms with Gasteiger partial charge in [-0.05, 0) is 44.5 Å². The summed E-state index contributed by atoms with van der Waals surface area (Å²) in [5.74, 6) is -1.50. The molecular formula is C19H20N2O4. The third-order valence-corrected chi connectivity index (χ3v) is 6.14. The number of hydrogen-bond acceptors (Lipinski definition) is 5. The average Bonchev–Trinajstić information content (AvgIpc) is 3.08. The summed E-state index contributed by atoms with van der Waals surface area (Å²) in [5.41, 5.74) is 0.302. The maximum Gasteiger partial charge on any atom is 0.240 e. The van der Waals surface area contributed by atoms with Crippen LogP contribution in [0, 0.1) is 30.1 Å². The van der Waals surface area contributed by atoms with E-state index < -0.39 is 23.0 Å². The van der Waals surface area contributed by atoms with Crippen LogP contribution in [0.25, 0.3) is 0 Å². The molecule has 3 saturated heterocycles. The normalized spacial score (nSPS) is 39.0. The highest BCUT2D eigenvalue weighted by Crippen LogP contribution is 2.61. The number of fused-ring (bicyclic) bond motifs is 5. The number of amides is 2. The molecule has 130 valence electrons. The van der Waals surface area contributed by atoms with Gasteiger partial charge in [0.05, 0.1) is 40.9 Å². The molecule has 3 aliphatic heterocycles. The maximum atomic E-state index is 13.2. The molecule has 3 heterocycles. The maximum absolute atomic E-state index is 13.2. The highest BCUT2D eigenvalue weighted by Gasteiger charge is 2.76. The third kappa shape index (κ3) is 1.85. The summed E-state index contributed by atoms with van der Waals surface area (Å²) in [6.07, 6.45) is 0.388. The lowest BCUT2D eigenvalue weighted by atomic mass is 9.67. The molecule has 6 heteroatoms. The molecule has 0 saturated carbocycles. The zero-order chi connectivity index (χ0) is 18.1. The van der Waals surface area contributed by atoms with Crippen LogP contribution in [0.1, 0.15) is 31.4 Å². The first-order valence-corrected chi connectivity index (χ1v) is 8.38. The lowest BCUT2D eigenvalue weighted by Gasteiger charge is -2.34. The second-order valence-corrected chi connectivity index (χ2v) is 7.61. The molecule has 2 unspecified atom stereocenters. The second kappa shape index (κ2) is 4.90. The van der Waals surface area contributed by atoms with E-state index in [0.717, 1.165) is 5.56 Å². The Labute approximate surface area is 146 Å². The summed E-state index contributed by atoms with van der Waals surface area (Å²) in [6.45, 7) is 5.56. The van der Waals surface area contributed by atoms with Gasteiger partial charge in [-0.2, -0.15) is 5.26 Å². The van der Waals surface area contributed by atoms with Crippen molar-refractivity contribution < 1.29 is 19.1 Å². The summed E-state index contributed by atoms with van der Waals surface area (Å²) in [7, 11) is 1.61. The predicted molar refractivity (Wildman–Crippen MR) is 88.7 cm³/mol. The number of carbonyl (C=O) groups excluding carboxylic acids is 2. The summed E-state index contributed by atoms with van der Waals surface area (Å²) >= 11 is 0. The molecule has 1 aromatic rings. The lowest BCUT2D eigenvalue weighted by Crippen LogP contribution is -2.49. The number of rotatable bonds is 2. The Morgan fingerprint density at radius 1 is 1.28 bits per heavy atom. The molecule has 4 rings (SSSR count). The molecule has 0 radical (unpaired) electrons. The Balaban J connectivity index is 1.78. The highest BCUT2D eigenvalue weighted by molar-refractivity contribution is 6.23. The lowest BCUT2D eigenvalue weighted by molar-refractivity contribution is -0.133. The Bertz CT molecular complexity index is 844. The monoisotopic (exact) mass is 340 g/mol. The van der Waals surface area contributed by atoms with Crippen LogP contribution in [0.15, 0.2) is 18.2 Å². The first-order valence-electron chi connectivity index (χ1n) is 8.38. The fourth-order valence-electron chi connectivity index (χ4n) is 4.98. The van der Waals surface area contributed by atoms with Gasteiger partial charge in [0, 0.05) is 13.5 Å². The van der Waals surface area contributed by atoms with Crippen LogP contribution in [0.4, 0.5) is 5.69 Å². The molecule has 2 amide bonds. The van der Waals surface area contributed by atoms with E-state index >= 15 is 0 Å². The van der Waals surface area contributed by atoms with Gasteiger partial charge in [0.1, 0.15) is 5.60 Å². The molecular weight excluding hydrogens is 320 g/mol. The van der Waals surface area contributed by atoms with E-state index in [-0.39, 0.29) is 17.9 Å². The first-order chi connectivity index (χ1) is 11.8. The first kappa shape index (κ1) is 16.2. The molecule has 3 aliphatic rings. The van der Waals surface area contributed by atoms with Gasteiger partial charge in [0.15, 0.2) is 0 Å². The third-order valence-electron chi connectivity index (χ3n) is 6.14. The van der Waals surface area contributed by atoms with Crippen molar-refractivity contribution in [2.24, 2.45) is 11.8 Å². The Morgan fingerprint density at radius 3 is 2.56 bits per heavy atom. The van der Waals surface area contributed by atoms with Crippen molar-refractivity contribution in [3.05, 3.63) is 29.3 Å². The summed E-state index contributed by atoms with van der Waals surface area (Å²) in [6, 6.07) is 7.12. The van der Waals surface area contributed by atoms with Crippen LogP contribution in [0.2, 0.25) is 0 Å². The summed E-state index contributed by atoms with van der Waals surface area (Å²) in [4.78, 5) is 27.5. The molecule has 0 N–H and O–H groups in total. The van der Waals surface area contributed by atoms with Crippen molar-refractivity contribution in [3.8, 4) is 6.07 Å². The SMILES string of the molecule is CO[C@H]1CC2(C)OC1(C)[C@@H]1C(=O)N(c3ccc(C#N)c(C)c3)C(=O)[C@@H]12. The molecule has 3 fully saturated rings. The van der Waals surface area contributed by atoms with Gasteiger partial charge in [0.25, 0.3) is 0 Å². The number of benzene rings is 1. The molecule has 25 heavy (non-hydrogen) atoms. The van der Waals surface area contributed by atoms with E-state index in [0.29, 0.717) is 17.7 Å².